The summed E-state index contributed by atoms with van der Waals surface area (Å²) in [6.45, 7) is 6.75. The van der Waals surface area contributed by atoms with Crippen LogP contribution in [-0.2, 0) is 0 Å². The molecular weight excluding hydrogens is 338 g/mol. The molecule has 1 aliphatic rings. The monoisotopic (exact) mass is 357 g/mol. The van der Waals surface area contributed by atoms with Crippen molar-refractivity contribution >= 4 is 27.5 Å². The van der Waals surface area contributed by atoms with Gasteiger partial charge < -0.3 is 4.90 Å². The minimum absolute atomic E-state index is 0.0230. The van der Waals surface area contributed by atoms with Gasteiger partial charge in [0.1, 0.15) is 4.70 Å². The smallest absolute Gasteiger partial charge is 0.270 e. The molecule has 1 saturated heterocycles. The van der Waals surface area contributed by atoms with Crippen LogP contribution in [0.5, 0.6) is 0 Å². The summed E-state index contributed by atoms with van der Waals surface area (Å²) >= 11 is 1.35. The second kappa shape index (κ2) is 5.52. The van der Waals surface area contributed by atoms with Crippen LogP contribution in [-0.4, -0.2) is 42.6 Å². The largest absolute Gasteiger partial charge is 0.333 e. The van der Waals surface area contributed by atoms with Crippen molar-refractivity contribution in [3.8, 4) is 5.95 Å². The zero-order valence-electron chi connectivity index (χ0n) is 14.4. The number of aromatic amines is 1. The number of aromatic nitrogens is 4. The first-order valence-corrected chi connectivity index (χ1v) is 9.11. The van der Waals surface area contributed by atoms with E-state index in [0.29, 0.717) is 27.4 Å². The van der Waals surface area contributed by atoms with Gasteiger partial charge in [-0.3, -0.25) is 14.6 Å². The number of amides is 1. The summed E-state index contributed by atoms with van der Waals surface area (Å²) in [5.74, 6) is 0.304. The molecule has 0 radical (unpaired) electrons. The van der Waals surface area contributed by atoms with Gasteiger partial charge in [-0.25, -0.2) is 9.67 Å². The number of hydrogen-bond acceptors (Lipinski definition) is 5. The lowest BCUT2D eigenvalue weighted by Gasteiger charge is -2.31. The highest BCUT2D eigenvalue weighted by Gasteiger charge is 2.37. The van der Waals surface area contributed by atoms with Crippen LogP contribution >= 0.6 is 11.3 Å². The van der Waals surface area contributed by atoms with Crippen molar-refractivity contribution in [3.63, 3.8) is 0 Å². The van der Waals surface area contributed by atoms with Crippen LogP contribution in [0.1, 0.15) is 42.7 Å². The van der Waals surface area contributed by atoms with Gasteiger partial charge in [0.15, 0.2) is 0 Å². The van der Waals surface area contributed by atoms with Crippen molar-refractivity contribution in [2.45, 2.75) is 39.2 Å². The number of carbonyl (C=O) groups excluding carboxylic acids is 1. The number of H-pyrrole nitrogens is 1. The van der Waals surface area contributed by atoms with Gasteiger partial charge >= 0.3 is 0 Å². The Balaban J connectivity index is 1.76. The SMILES string of the molecule is Cc1c(C(=O)N2CCCC2(C)C)cnn1-c1nc2ccsc2c(=O)[nH]1. The average Bonchev–Trinajstić information content (AvgIpc) is 3.24. The van der Waals surface area contributed by atoms with E-state index in [0.717, 1.165) is 19.4 Å². The summed E-state index contributed by atoms with van der Waals surface area (Å²) in [6, 6.07) is 1.80. The molecular formula is C17H19N5O2S. The Hall–Kier alpha value is -2.48. The third-order valence-corrected chi connectivity index (χ3v) is 5.79. The first-order chi connectivity index (χ1) is 11.9. The maximum Gasteiger partial charge on any atom is 0.270 e. The molecule has 1 amide bonds. The number of hydrogen-bond donors (Lipinski definition) is 1. The van der Waals surface area contributed by atoms with Gasteiger partial charge in [-0.1, -0.05) is 0 Å². The molecule has 3 aromatic heterocycles. The maximum absolute atomic E-state index is 12.9. The summed E-state index contributed by atoms with van der Waals surface area (Å²) in [7, 11) is 0. The van der Waals surface area contributed by atoms with Gasteiger partial charge in [0.05, 0.1) is 23.0 Å². The molecule has 0 aliphatic carbocycles. The molecule has 0 unspecified atom stereocenters. The van der Waals surface area contributed by atoms with Crippen LogP contribution in [0.3, 0.4) is 0 Å². The first-order valence-electron chi connectivity index (χ1n) is 8.23. The molecule has 8 heteroatoms. The molecule has 0 spiro atoms. The average molecular weight is 357 g/mol. The fourth-order valence-corrected chi connectivity index (χ4v) is 4.15. The predicted octanol–water partition coefficient (Wildman–Crippen LogP) is 2.49. The van der Waals surface area contributed by atoms with Crippen LogP contribution in [0.25, 0.3) is 16.2 Å². The van der Waals surface area contributed by atoms with Crippen molar-refractivity contribution < 1.29 is 4.79 Å². The first kappa shape index (κ1) is 16.0. The zero-order chi connectivity index (χ0) is 17.8. The number of thiophene rings is 1. The van der Waals surface area contributed by atoms with Crippen LogP contribution < -0.4 is 5.56 Å². The molecule has 130 valence electrons. The van der Waals surface area contributed by atoms with Crippen LogP contribution in [0, 0.1) is 6.92 Å². The van der Waals surface area contributed by atoms with E-state index in [-0.39, 0.29) is 17.0 Å². The molecule has 4 heterocycles. The summed E-state index contributed by atoms with van der Waals surface area (Å²) < 4.78 is 2.11. The zero-order valence-corrected chi connectivity index (χ0v) is 15.2. The second-order valence-electron chi connectivity index (χ2n) is 6.95. The molecule has 1 N–H and O–H groups in total. The van der Waals surface area contributed by atoms with Gasteiger partial charge in [-0.15, -0.1) is 11.3 Å². The van der Waals surface area contributed by atoms with Gasteiger partial charge in [0, 0.05) is 12.1 Å². The van der Waals surface area contributed by atoms with Crippen LogP contribution in [0.15, 0.2) is 22.4 Å². The molecule has 0 atom stereocenters. The molecule has 7 nitrogen and oxygen atoms in total. The lowest BCUT2D eigenvalue weighted by Crippen LogP contribution is -2.42. The van der Waals surface area contributed by atoms with Crippen molar-refractivity contribution in [2.24, 2.45) is 0 Å². The molecule has 0 bridgehead atoms. The highest BCUT2D eigenvalue weighted by atomic mass is 32.1. The van der Waals surface area contributed by atoms with E-state index in [4.69, 9.17) is 0 Å². The van der Waals surface area contributed by atoms with Crippen molar-refractivity contribution in [3.05, 3.63) is 39.3 Å². The third-order valence-electron chi connectivity index (χ3n) is 4.89. The third kappa shape index (κ3) is 2.48. The number of rotatable bonds is 2. The predicted molar refractivity (Wildman–Crippen MR) is 96.4 cm³/mol. The number of carbonyl (C=O) groups is 1. The van der Waals surface area contributed by atoms with Gasteiger partial charge in [-0.2, -0.15) is 5.10 Å². The highest BCUT2D eigenvalue weighted by Crippen LogP contribution is 2.30. The summed E-state index contributed by atoms with van der Waals surface area (Å²) in [5, 5.41) is 6.13. The Morgan fingerprint density at radius 1 is 1.40 bits per heavy atom. The lowest BCUT2D eigenvalue weighted by atomic mass is 10.0. The standard InChI is InChI=1S/C17H19N5O2S/c1-10-11(15(24)21-7-4-6-17(21,2)3)9-18-22(10)16-19-12-5-8-25-13(12)14(23)20-16/h5,8-9H,4,6-7H2,1-3H3,(H,19,20,23). The summed E-state index contributed by atoms with van der Waals surface area (Å²) in [6.07, 6.45) is 3.56. The fraction of sp³-hybridized carbons (Fsp3) is 0.412. The van der Waals surface area contributed by atoms with Crippen molar-refractivity contribution in [2.75, 3.05) is 6.54 Å². The second-order valence-corrected chi connectivity index (χ2v) is 7.87. The van der Waals surface area contributed by atoms with Crippen LogP contribution in [0.2, 0.25) is 0 Å². The normalized spacial score (nSPS) is 16.7. The Morgan fingerprint density at radius 3 is 2.92 bits per heavy atom. The Kier molecular flexibility index (Phi) is 3.54. The van der Waals surface area contributed by atoms with Crippen molar-refractivity contribution in [1.82, 2.24) is 24.6 Å². The molecule has 1 fully saturated rings. The van der Waals surface area contributed by atoms with E-state index in [1.54, 1.807) is 12.3 Å². The molecule has 0 aromatic carbocycles. The van der Waals surface area contributed by atoms with E-state index in [1.165, 1.54) is 16.0 Å². The van der Waals surface area contributed by atoms with E-state index in [1.807, 2.05) is 17.2 Å². The molecule has 3 aromatic rings. The van der Waals surface area contributed by atoms with Gasteiger partial charge in [-0.05, 0) is 45.1 Å². The number of nitrogens with zero attached hydrogens (tertiary/aromatic N) is 4. The topological polar surface area (TPSA) is 83.9 Å². The lowest BCUT2D eigenvalue weighted by molar-refractivity contribution is 0.0651. The molecule has 25 heavy (non-hydrogen) atoms. The van der Waals surface area contributed by atoms with E-state index < -0.39 is 0 Å². The summed E-state index contributed by atoms with van der Waals surface area (Å²) in [5.41, 5.74) is 1.51. The number of fused-ring (bicyclic) bond motifs is 1. The van der Waals surface area contributed by atoms with Crippen LogP contribution in [0.4, 0.5) is 0 Å². The Morgan fingerprint density at radius 2 is 2.20 bits per heavy atom. The Labute approximate surface area is 148 Å². The molecule has 4 rings (SSSR count). The van der Waals surface area contributed by atoms with Gasteiger partial charge in [0.2, 0.25) is 5.95 Å². The molecule has 1 aliphatic heterocycles. The van der Waals surface area contributed by atoms with Gasteiger partial charge in [0.25, 0.3) is 11.5 Å². The molecule has 0 saturated carbocycles. The number of likely N-dealkylation sites (tertiary alicyclic amines) is 1. The number of nitrogens with one attached hydrogen (secondary N) is 1. The van der Waals surface area contributed by atoms with Crippen molar-refractivity contribution in [1.29, 1.82) is 0 Å². The van der Waals surface area contributed by atoms with E-state index in [2.05, 4.69) is 28.9 Å². The minimum atomic E-state index is -0.196. The summed E-state index contributed by atoms with van der Waals surface area (Å²) in [4.78, 5) is 34.2. The van der Waals surface area contributed by atoms with E-state index >= 15 is 0 Å². The minimum Gasteiger partial charge on any atom is -0.333 e. The maximum atomic E-state index is 12.9. The quantitative estimate of drug-likeness (QED) is 0.764. The van der Waals surface area contributed by atoms with E-state index in [9.17, 15) is 9.59 Å². The fourth-order valence-electron chi connectivity index (χ4n) is 3.42. The Bertz CT molecular complexity index is 1030. The highest BCUT2D eigenvalue weighted by molar-refractivity contribution is 7.17.